The van der Waals surface area contributed by atoms with Gasteiger partial charge in [-0.3, -0.25) is 4.79 Å². The van der Waals surface area contributed by atoms with Crippen molar-refractivity contribution < 1.29 is 14.3 Å². The highest BCUT2D eigenvalue weighted by atomic mass is 16.5. The SMILES string of the molecule is CCCCOc1ccc(CNCCCC(=O)OC)cc1. The van der Waals surface area contributed by atoms with E-state index in [4.69, 9.17) is 4.74 Å². The topological polar surface area (TPSA) is 47.6 Å². The van der Waals surface area contributed by atoms with E-state index in [-0.39, 0.29) is 5.97 Å². The largest absolute Gasteiger partial charge is 0.494 e. The molecule has 0 aliphatic rings. The van der Waals surface area contributed by atoms with E-state index in [1.54, 1.807) is 0 Å². The van der Waals surface area contributed by atoms with Gasteiger partial charge in [0.25, 0.3) is 0 Å². The maximum Gasteiger partial charge on any atom is 0.305 e. The van der Waals surface area contributed by atoms with Gasteiger partial charge in [0, 0.05) is 13.0 Å². The third kappa shape index (κ3) is 7.14. The molecule has 0 radical (unpaired) electrons. The van der Waals surface area contributed by atoms with Crippen molar-refractivity contribution in [3.8, 4) is 5.75 Å². The summed E-state index contributed by atoms with van der Waals surface area (Å²) in [6.45, 7) is 4.54. The van der Waals surface area contributed by atoms with Crippen LogP contribution in [0.15, 0.2) is 24.3 Å². The van der Waals surface area contributed by atoms with Crippen LogP contribution in [0.5, 0.6) is 5.75 Å². The Morgan fingerprint density at radius 3 is 2.60 bits per heavy atom. The number of esters is 1. The molecule has 20 heavy (non-hydrogen) atoms. The van der Waals surface area contributed by atoms with Gasteiger partial charge in [-0.1, -0.05) is 25.5 Å². The molecular formula is C16H25NO3. The maximum absolute atomic E-state index is 10.9. The molecule has 0 amide bonds. The van der Waals surface area contributed by atoms with Crippen molar-refractivity contribution in [3.63, 3.8) is 0 Å². The fraction of sp³-hybridized carbons (Fsp3) is 0.562. The second-order valence-electron chi connectivity index (χ2n) is 4.70. The molecule has 1 aromatic carbocycles. The summed E-state index contributed by atoms with van der Waals surface area (Å²) >= 11 is 0. The molecule has 0 spiro atoms. The zero-order valence-corrected chi connectivity index (χ0v) is 12.5. The predicted octanol–water partition coefficient (Wildman–Crippen LogP) is 2.91. The Labute approximate surface area is 121 Å². The lowest BCUT2D eigenvalue weighted by Crippen LogP contribution is -2.16. The zero-order chi connectivity index (χ0) is 14.6. The molecule has 0 unspecified atom stereocenters. The minimum atomic E-state index is -0.152. The van der Waals surface area contributed by atoms with Crippen LogP contribution in [0, 0.1) is 0 Å². The van der Waals surface area contributed by atoms with Crippen LogP contribution in [0.3, 0.4) is 0 Å². The molecule has 0 atom stereocenters. The van der Waals surface area contributed by atoms with E-state index in [0.29, 0.717) is 6.42 Å². The van der Waals surface area contributed by atoms with Crippen molar-refractivity contribution in [2.75, 3.05) is 20.3 Å². The van der Waals surface area contributed by atoms with Gasteiger partial charge >= 0.3 is 5.97 Å². The Bertz CT molecular complexity index is 376. The molecule has 1 aromatic rings. The van der Waals surface area contributed by atoms with E-state index in [9.17, 15) is 4.79 Å². The highest BCUT2D eigenvalue weighted by molar-refractivity contribution is 5.69. The van der Waals surface area contributed by atoms with Crippen molar-refractivity contribution in [1.82, 2.24) is 5.32 Å². The molecule has 112 valence electrons. The van der Waals surface area contributed by atoms with E-state index in [0.717, 1.165) is 44.7 Å². The average molecular weight is 279 g/mol. The summed E-state index contributed by atoms with van der Waals surface area (Å²) in [6.07, 6.45) is 3.50. The number of nitrogens with one attached hydrogen (secondary N) is 1. The third-order valence-electron chi connectivity index (χ3n) is 2.98. The van der Waals surface area contributed by atoms with Crippen LogP contribution < -0.4 is 10.1 Å². The molecule has 0 aliphatic heterocycles. The number of carbonyl (C=O) groups excluding carboxylic acids is 1. The molecule has 0 heterocycles. The summed E-state index contributed by atoms with van der Waals surface area (Å²) in [5, 5.41) is 3.30. The summed E-state index contributed by atoms with van der Waals surface area (Å²) in [5.74, 6) is 0.772. The fourth-order valence-corrected chi connectivity index (χ4v) is 1.73. The first-order valence-electron chi connectivity index (χ1n) is 7.25. The van der Waals surface area contributed by atoms with Crippen molar-refractivity contribution in [2.24, 2.45) is 0 Å². The van der Waals surface area contributed by atoms with Crippen LogP contribution in [-0.2, 0) is 16.1 Å². The normalized spacial score (nSPS) is 10.3. The number of hydrogen-bond acceptors (Lipinski definition) is 4. The molecule has 0 bridgehead atoms. The quantitative estimate of drug-likeness (QED) is 0.528. The second-order valence-corrected chi connectivity index (χ2v) is 4.70. The lowest BCUT2D eigenvalue weighted by atomic mass is 10.2. The minimum absolute atomic E-state index is 0.152. The molecule has 0 aliphatic carbocycles. The van der Waals surface area contributed by atoms with Gasteiger partial charge in [-0.25, -0.2) is 0 Å². The average Bonchev–Trinajstić information content (AvgIpc) is 2.48. The highest BCUT2D eigenvalue weighted by Gasteiger charge is 1.99. The molecule has 4 nitrogen and oxygen atoms in total. The van der Waals surface area contributed by atoms with Crippen LogP contribution in [0.1, 0.15) is 38.2 Å². The van der Waals surface area contributed by atoms with Crippen molar-refractivity contribution in [1.29, 1.82) is 0 Å². The Balaban J connectivity index is 2.16. The third-order valence-corrected chi connectivity index (χ3v) is 2.98. The van der Waals surface area contributed by atoms with Gasteiger partial charge in [0.15, 0.2) is 0 Å². The Hall–Kier alpha value is -1.55. The Kier molecular flexibility index (Phi) is 8.47. The molecule has 1 N–H and O–H groups in total. The van der Waals surface area contributed by atoms with Crippen LogP contribution in [0.4, 0.5) is 0 Å². The second kappa shape index (κ2) is 10.3. The number of carbonyl (C=O) groups is 1. The molecule has 4 heteroatoms. The number of unbranched alkanes of at least 4 members (excludes halogenated alkanes) is 1. The van der Waals surface area contributed by atoms with Gasteiger partial charge < -0.3 is 14.8 Å². The molecule has 0 fully saturated rings. The Morgan fingerprint density at radius 2 is 1.95 bits per heavy atom. The predicted molar refractivity (Wildman–Crippen MR) is 79.8 cm³/mol. The monoisotopic (exact) mass is 279 g/mol. The first-order valence-corrected chi connectivity index (χ1v) is 7.25. The number of benzene rings is 1. The van der Waals surface area contributed by atoms with Gasteiger partial charge in [0.2, 0.25) is 0 Å². The lowest BCUT2D eigenvalue weighted by Gasteiger charge is -2.07. The van der Waals surface area contributed by atoms with E-state index < -0.39 is 0 Å². The summed E-state index contributed by atoms with van der Waals surface area (Å²) in [6, 6.07) is 8.13. The zero-order valence-electron chi connectivity index (χ0n) is 12.5. The van der Waals surface area contributed by atoms with E-state index in [2.05, 4.69) is 29.1 Å². The highest BCUT2D eigenvalue weighted by Crippen LogP contribution is 2.12. The van der Waals surface area contributed by atoms with Crippen molar-refractivity contribution in [2.45, 2.75) is 39.2 Å². The minimum Gasteiger partial charge on any atom is -0.494 e. The van der Waals surface area contributed by atoms with Gasteiger partial charge in [-0.15, -0.1) is 0 Å². The smallest absolute Gasteiger partial charge is 0.305 e. The summed E-state index contributed by atoms with van der Waals surface area (Å²) < 4.78 is 10.2. The van der Waals surface area contributed by atoms with Crippen LogP contribution in [0.25, 0.3) is 0 Å². The van der Waals surface area contributed by atoms with Crippen molar-refractivity contribution >= 4 is 5.97 Å². The first kappa shape index (κ1) is 16.5. The molecule has 0 saturated carbocycles. The van der Waals surface area contributed by atoms with E-state index >= 15 is 0 Å². The summed E-state index contributed by atoms with van der Waals surface area (Å²) in [4.78, 5) is 10.9. The lowest BCUT2D eigenvalue weighted by molar-refractivity contribution is -0.140. The number of methoxy groups -OCH3 is 1. The van der Waals surface area contributed by atoms with E-state index in [1.807, 2.05) is 12.1 Å². The number of ether oxygens (including phenoxy) is 2. The van der Waals surface area contributed by atoms with Gasteiger partial charge in [-0.05, 0) is 37.1 Å². The van der Waals surface area contributed by atoms with Crippen molar-refractivity contribution in [3.05, 3.63) is 29.8 Å². The van der Waals surface area contributed by atoms with Crippen LogP contribution >= 0.6 is 0 Å². The molecule has 1 rings (SSSR count). The van der Waals surface area contributed by atoms with Crippen LogP contribution in [-0.4, -0.2) is 26.2 Å². The standard InChI is InChI=1S/C16H25NO3/c1-3-4-12-20-15-9-7-14(8-10-15)13-17-11-5-6-16(18)19-2/h7-10,17H,3-6,11-13H2,1-2H3. The van der Waals surface area contributed by atoms with Gasteiger partial charge in [-0.2, -0.15) is 0 Å². The molecule has 0 aromatic heterocycles. The van der Waals surface area contributed by atoms with Gasteiger partial charge in [0.05, 0.1) is 13.7 Å². The van der Waals surface area contributed by atoms with Gasteiger partial charge in [0.1, 0.15) is 5.75 Å². The summed E-state index contributed by atoms with van der Waals surface area (Å²) in [5.41, 5.74) is 1.21. The Morgan fingerprint density at radius 1 is 1.20 bits per heavy atom. The molecular weight excluding hydrogens is 254 g/mol. The maximum atomic E-state index is 10.9. The van der Waals surface area contributed by atoms with Crippen LogP contribution in [0.2, 0.25) is 0 Å². The number of hydrogen-bond donors (Lipinski definition) is 1. The fourth-order valence-electron chi connectivity index (χ4n) is 1.73. The summed E-state index contributed by atoms with van der Waals surface area (Å²) in [7, 11) is 1.42. The number of rotatable bonds is 10. The first-order chi connectivity index (χ1) is 9.76. The molecule has 0 saturated heterocycles. The van der Waals surface area contributed by atoms with E-state index in [1.165, 1.54) is 12.7 Å².